The third kappa shape index (κ3) is 4.31. The van der Waals surface area contributed by atoms with E-state index in [2.05, 4.69) is 9.72 Å². The molecule has 0 atom stereocenters. The lowest BCUT2D eigenvalue weighted by molar-refractivity contribution is -0.174. The molecule has 0 bridgehead atoms. The van der Waals surface area contributed by atoms with Crippen LogP contribution in [0.5, 0.6) is 0 Å². The topological polar surface area (TPSA) is 27.1 Å². The summed E-state index contributed by atoms with van der Waals surface area (Å²) in [4.78, 5) is 4.31. The molecule has 21 heavy (non-hydrogen) atoms. The van der Waals surface area contributed by atoms with Crippen LogP contribution in [0, 0.1) is 5.82 Å². The molecule has 0 amide bonds. The Balaban J connectivity index is 2.15. The summed E-state index contributed by atoms with van der Waals surface area (Å²) in [5, 5.41) is 0. The number of aryl methyl sites for hydroxylation is 1. The van der Waals surface area contributed by atoms with Gasteiger partial charge in [0.05, 0.1) is 17.6 Å². The molecule has 0 saturated heterocycles. The van der Waals surface area contributed by atoms with Gasteiger partial charge in [0.2, 0.25) is 0 Å². The molecule has 0 aliphatic heterocycles. The number of rotatable bonds is 6. The zero-order valence-corrected chi connectivity index (χ0v) is 11.7. The predicted octanol–water partition coefficient (Wildman–Crippen LogP) is 3.54. The van der Waals surface area contributed by atoms with Crippen LogP contribution in [0.1, 0.15) is 5.82 Å². The van der Waals surface area contributed by atoms with Crippen LogP contribution >= 0.6 is 11.6 Å². The lowest BCUT2D eigenvalue weighted by Gasteiger charge is -2.10. The summed E-state index contributed by atoms with van der Waals surface area (Å²) in [6, 6.07) is 4.10. The van der Waals surface area contributed by atoms with E-state index in [9.17, 15) is 17.6 Å². The fourth-order valence-corrected chi connectivity index (χ4v) is 2.18. The van der Waals surface area contributed by atoms with Gasteiger partial charge in [-0.2, -0.15) is 13.2 Å². The average Bonchev–Trinajstić information content (AvgIpc) is 2.71. The van der Waals surface area contributed by atoms with Crippen molar-refractivity contribution in [3.8, 4) is 0 Å². The van der Waals surface area contributed by atoms with Crippen molar-refractivity contribution >= 4 is 22.6 Å². The number of ether oxygens (including phenoxy) is 1. The van der Waals surface area contributed by atoms with E-state index in [0.717, 1.165) is 0 Å². The first-order valence-electron chi connectivity index (χ1n) is 6.26. The maximum absolute atomic E-state index is 13.3. The second-order valence-corrected chi connectivity index (χ2v) is 4.80. The van der Waals surface area contributed by atoms with Gasteiger partial charge < -0.3 is 9.30 Å². The number of hydrogen-bond acceptors (Lipinski definition) is 2. The predicted molar refractivity (Wildman–Crippen MR) is 71.0 cm³/mol. The zero-order chi connectivity index (χ0) is 15.5. The Kier molecular flexibility index (Phi) is 5.05. The highest BCUT2D eigenvalue weighted by atomic mass is 35.5. The number of imidazole rings is 1. The van der Waals surface area contributed by atoms with Gasteiger partial charge in [0.25, 0.3) is 0 Å². The summed E-state index contributed by atoms with van der Waals surface area (Å²) in [6.07, 6.45) is -3.92. The van der Waals surface area contributed by atoms with Crippen molar-refractivity contribution in [2.45, 2.75) is 19.1 Å². The van der Waals surface area contributed by atoms with Gasteiger partial charge in [-0.25, -0.2) is 9.37 Å². The van der Waals surface area contributed by atoms with Crippen molar-refractivity contribution in [1.29, 1.82) is 0 Å². The molecule has 0 aliphatic carbocycles. The Morgan fingerprint density at radius 3 is 2.71 bits per heavy atom. The van der Waals surface area contributed by atoms with Crippen LogP contribution < -0.4 is 0 Å². The third-order valence-corrected chi connectivity index (χ3v) is 3.02. The fraction of sp³-hybridized carbons (Fsp3) is 0.462. The van der Waals surface area contributed by atoms with E-state index in [1.807, 2.05) is 0 Å². The molecule has 8 heteroatoms. The van der Waals surface area contributed by atoms with Gasteiger partial charge in [0.15, 0.2) is 0 Å². The molecule has 116 valence electrons. The molecule has 0 radical (unpaired) electrons. The summed E-state index contributed by atoms with van der Waals surface area (Å²) < 4.78 is 55.6. The molecule has 3 nitrogen and oxygen atoms in total. The minimum atomic E-state index is -4.36. The number of halogens is 5. The molecule has 2 rings (SSSR count). The van der Waals surface area contributed by atoms with E-state index in [1.165, 1.54) is 18.2 Å². The minimum absolute atomic E-state index is 0.142. The Morgan fingerprint density at radius 2 is 2.05 bits per heavy atom. The quantitative estimate of drug-likeness (QED) is 0.462. The van der Waals surface area contributed by atoms with E-state index in [-0.39, 0.29) is 13.2 Å². The number of aromatic nitrogens is 2. The van der Waals surface area contributed by atoms with Crippen molar-refractivity contribution < 1.29 is 22.3 Å². The van der Waals surface area contributed by atoms with Crippen molar-refractivity contribution in [3.05, 3.63) is 29.8 Å². The van der Waals surface area contributed by atoms with Crippen LogP contribution in [-0.2, 0) is 17.7 Å². The molecule has 1 aromatic heterocycles. The summed E-state index contributed by atoms with van der Waals surface area (Å²) in [7, 11) is 0. The number of nitrogens with zero attached hydrogens (tertiary/aromatic N) is 2. The van der Waals surface area contributed by atoms with Gasteiger partial charge >= 0.3 is 6.18 Å². The van der Waals surface area contributed by atoms with E-state index in [0.29, 0.717) is 29.2 Å². The van der Waals surface area contributed by atoms with Crippen LogP contribution in [0.25, 0.3) is 11.0 Å². The van der Waals surface area contributed by atoms with Crippen LogP contribution in [0.15, 0.2) is 18.2 Å². The molecule has 0 fully saturated rings. The normalized spacial score (nSPS) is 12.2. The smallest absolute Gasteiger partial charge is 0.370 e. The third-order valence-electron chi connectivity index (χ3n) is 2.83. The molecule has 1 heterocycles. The van der Waals surface area contributed by atoms with Crippen LogP contribution in [-0.4, -0.2) is 34.8 Å². The monoisotopic (exact) mass is 324 g/mol. The Labute approximate surface area is 123 Å². The van der Waals surface area contributed by atoms with Gasteiger partial charge in [-0.05, 0) is 18.2 Å². The highest BCUT2D eigenvalue weighted by Crippen LogP contribution is 2.19. The van der Waals surface area contributed by atoms with Crippen LogP contribution in [0.2, 0.25) is 0 Å². The maximum atomic E-state index is 13.3. The second kappa shape index (κ2) is 6.62. The standard InChI is InChI=1S/C13H13ClF4N2O/c14-4-3-12-19-10-2-1-9(15)7-11(10)20(12)5-6-21-8-13(16,17)18/h1-2,7H,3-6,8H2. The van der Waals surface area contributed by atoms with Gasteiger partial charge in [0, 0.05) is 18.8 Å². The maximum Gasteiger partial charge on any atom is 0.411 e. The molecular weight excluding hydrogens is 312 g/mol. The summed E-state index contributed by atoms with van der Waals surface area (Å²) in [5.74, 6) is 0.480. The number of hydrogen-bond donors (Lipinski definition) is 0. The first-order valence-corrected chi connectivity index (χ1v) is 6.79. The molecule has 0 unspecified atom stereocenters. The molecular formula is C13H13ClF4N2O. The first kappa shape index (κ1) is 16.0. The van der Waals surface area contributed by atoms with Gasteiger partial charge in [-0.15, -0.1) is 11.6 Å². The molecule has 0 N–H and O–H groups in total. The Morgan fingerprint density at radius 1 is 1.29 bits per heavy atom. The molecule has 1 aromatic carbocycles. The van der Waals surface area contributed by atoms with Gasteiger partial charge in [-0.3, -0.25) is 0 Å². The van der Waals surface area contributed by atoms with Crippen molar-refractivity contribution in [2.24, 2.45) is 0 Å². The van der Waals surface area contributed by atoms with Gasteiger partial charge in [0.1, 0.15) is 18.2 Å². The van der Waals surface area contributed by atoms with Crippen molar-refractivity contribution in [2.75, 3.05) is 19.1 Å². The van der Waals surface area contributed by atoms with Crippen molar-refractivity contribution in [1.82, 2.24) is 9.55 Å². The van der Waals surface area contributed by atoms with E-state index >= 15 is 0 Å². The lowest BCUT2D eigenvalue weighted by atomic mass is 10.3. The summed E-state index contributed by atoms with van der Waals surface area (Å²) >= 11 is 5.68. The zero-order valence-electron chi connectivity index (χ0n) is 11.0. The van der Waals surface area contributed by atoms with E-state index < -0.39 is 18.6 Å². The largest absolute Gasteiger partial charge is 0.411 e. The Bertz CT molecular complexity index is 612. The van der Waals surface area contributed by atoms with Crippen LogP contribution in [0.3, 0.4) is 0 Å². The van der Waals surface area contributed by atoms with Gasteiger partial charge in [-0.1, -0.05) is 0 Å². The second-order valence-electron chi connectivity index (χ2n) is 4.42. The molecule has 2 aromatic rings. The molecule has 0 saturated carbocycles. The van der Waals surface area contributed by atoms with Crippen LogP contribution in [0.4, 0.5) is 17.6 Å². The first-order chi connectivity index (χ1) is 9.90. The SMILES string of the molecule is Fc1ccc2nc(CCCl)n(CCOCC(F)(F)F)c2c1. The van der Waals surface area contributed by atoms with Crippen molar-refractivity contribution in [3.63, 3.8) is 0 Å². The van der Waals surface area contributed by atoms with E-state index in [4.69, 9.17) is 11.6 Å². The molecule has 0 aliphatic rings. The minimum Gasteiger partial charge on any atom is -0.370 e. The Hall–Kier alpha value is -1.34. The number of alkyl halides is 4. The summed E-state index contributed by atoms with van der Waals surface area (Å²) in [5.41, 5.74) is 1.10. The molecule has 0 spiro atoms. The highest BCUT2D eigenvalue weighted by Gasteiger charge is 2.27. The van der Waals surface area contributed by atoms with E-state index in [1.54, 1.807) is 4.57 Å². The number of fused-ring (bicyclic) bond motifs is 1. The fourth-order valence-electron chi connectivity index (χ4n) is 2.01. The average molecular weight is 325 g/mol. The summed E-state index contributed by atoms with van der Waals surface area (Å²) in [6.45, 7) is -1.29. The number of benzene rings is 1. The lowest BCUT2D eigenvalue weighted by Crippen LogP contribution is -2.19. The highest BCUT2D eigenvalue weighted by molar-refractivity contribution is 6.17.